The number of aromatic nitrogens is 4. The molecule has 250 valence electrons. The van der Waals surface area contributed by atoms with Crippen LogP contribution in [-0.2, 0) is 24.0 Å². The van der Waals surface area contributed by atoms with Crippen molar-refractivity contribution in [3.8, 4) is 11.4 Å². The number of carbonyl (C=O) groups excluding carboxylic acids is 1. The van der Waals surface area contributed by atoms with E-state index in [0.717, 1.165) is 84.5 Å². The molecule has 0 unspecified atom stereocenters. The van der Waals surface area contributed by atoms with Gasteiger partial charge in [-0.1, -0.05) is 30.3 Å². The number of hydrogen-bond acceptors (Lipinski definition) is 8. The molecule has 4 aromatic rings. The lowest BCUT2D eigenvalue weighted by Gasteiger charge is -2.36. The Morgan fingerprint density at radius 1 is 0.851 bits per heavy atom. The number of nitrogens with zero attached hydrogens (tertiary/aromatic N) is 7. The third-order valence-corrected chi connectivity index (χ3v) is 8.89. The van der Waals surface area contributed by atoms with Crippen molar-refractivity contribution in [2.24, 2.45) is 0 Å². The monoisotopic (exact) mass is 714 g/mol. The Morgan fingerprint density at radius 3 is 2.06 bits per heavy atom. The van der Waals surface area contributed by atoms with Crippen molar-refractivity contribution < 1.29 is 22.7 Å². The Balaban J connectivity index is 1.07. The van der Waals surface area contributed by atoms with Gasteiger partial charge in [0, 0.05) is 83.4 Å². The molecular weight excluding hydrogens is 677 g/mol. The van der Waals surface area contributed by atoms with E-state index in [4.69, 9.17) is 9.72 Å². The Kier molecular flexibility index (Phi) is 9.45. The summed E-state index contributed by atoms with van der Waals surface area (Å²) < 4.78 is 45.0. The van der Waals surface area contributed by atoms with Crippen LogP contribution in [0.25, 0.3) is 22.6 Å². The van der Waals surface area contributed by atoms with Gasteiger partial charge in [0.25, 0.3) is 0 Å². The smallest absolute Gasteiger partial charge is 0.433 e. The lowest BCUT2D eigenvalue weighted by molar-refractivity contribution is -0.141. The molecule has 1 aromatic carbocycles. The Morgan fingerprint density at radius 2 is 1.47 bits per heavy atom. The number of pyridine rings is 2. The van der Waals surface area contributed by atoms with Gasteiger partial charge in [0.1, 0.15) is 22.6 Å². The maximum atomic E-state index is 12.9. The van der Waals surface area contributed by atoms with Gasteiger partial charge in [0.05, 0.1) is 10.2 Å². The first-order valence-electron chi connectivity index (χ1n) is 15.7. The number of fused-ring (bicyclic) bond motifs is 1. The Labute approximate surface area is 280 Å². The van der Waals surface area contributed by atoms with Crippen LogP contribution in [-0.4, -0.2) is 98.7 Å². The second kappa shape index (κ2) is 13.4. The standard InChI is InChI=1S/C33H38BrF3N8O2/c1-32(2,3)47-31(46)45-16-12-42(13-17-45)20-22-4-7-24(8-5-22)29-40-27-28(25(34)19-39-30(27)41-29)44-14-10-43(11-15-44)21-23-6-9-26(38-18-23)33(35,36)37/h4-9,18-19H,10-17,20-21H2,1-3H3,(H,39,40,41). The minimum absolute atomic E-state index is 0.256. The molecule has 10 nitrogen and oxygen atoms in total. The predicted octanol–water partition coefficient (Wildman–Crippen LogP) is 6.18. The molecule has 1 N–H and O–H groups in total. The number of rotatable bonds is 6. The highest BCUT2D eigenvalue weighted by Crippen LogP contribution is 2.35. The SMILES string of the molecule is CC(C)(C)OC(=O)N1CCN(Cc2ccc(-c3nc4c(N5CCN(Cc6ccc(C(F)(F)F)nc6)CC5)c(Br)cnc4[nH]3)cc2)CC1. The van der Waals surface area contributed by atoms with Gasteiger partial charge in [-0.25, -0.2) is 14.8 Å². The largest absolute Gasteiger partial charge is 0.444 e. The van der Waals surface area contributed by atoms with Gasteiger partial charge < -0.3 is 19.5 Å². The molecule has 47 heavy (non-hydrogen) atoms. The van der Waals surface area contributed by atoms with Gasteiger partial charge in [0.15, 0.2) is 5.65 Å². The van der Waals surface area contributed by atoms with Crippen LogP contribution in [0.4, 0.5) is 23.7 Å². The van der Waals surface area contributed by atoms with Crippen LogP contribution in [0.5, 0.6) is 0 Å². The van der Waals surface area contributed by atoms with Crippen LogP contribution in [0, 0.1) is 0 Å². The van der Waals surface area contributed by atoms with Gasteiger partial charge in [-0.2, -0.15) is 13.2 Å². The fourth-order valence-corrected chi connectivity index (χ4v) is 6.41. The molecule has 2 fully saturated rings. The first kappa shape index (κ1) is 33.2. The lowest BCUT2D eigenvalue weighted by Crippen LogP contribution is -2.49. The average molecular weight is 716 g/mol. The molecule has 14 heteroatoms. The molecule has 2 aliphatic rings. The zero-order chi connectivity index (χ0) is 33.3. The highest BCUT2D eigenvalue weighted by Gasteiger charge is 2.32. The van der Waals surface area contributed by atoms with Gasteiger partial charge in [-0.15, -0.1) is 0 Å². The van der Waals surface area contributed by atoms with Crippen molar-refractivity contribution in [1.82, 2.24) is 34.6 Å². The van der Waals surface area contributed by atoms with E-state index >= 15 is 0 Å². The summed E-state index contributed by atoms with van der Waals surface area (Å²) in [5, 5.41) is 0. The number of H-pyrrole nitrogens is 1. The molecular formula is C33H38BrF3N8O2. The van der Waals surface area contributed by atoms with Gasteiger partial charge >= 0.3 is 12.3 Å². The first-order valence-corrected chi connectivity index (χ1v) is 16.4. The number of hydrogen-bond donors (Lipinski definition) is 1. The number of aromatic amines is 1. The summed E-state index contributed by atoms with van der Waals surface area (Å²) in [6.07, 6.45) is -1.60. The summed E-state index contributed by atoms with van der Waals surface area (Å²) in [6.45, 7) is 12.8. The molecule has 3 aromatic heterocycles. The van der Waals surface area contributed by atoms with Crippen LogP contribution in [0.1, 0.15) is 37.6 Å². The molecule has 2 aliphatic heterocycles. The van der Waals surface area contributed by atoms with Crippen LogP contribution in [0.3, 0.4) is 0 Å². The van der Waals surface area contributed by atoms with Crippen LogP contribution in [0.15, 0.2) is 53.3 Å². The summed E-state index contributed by atoms with van der Waals surface area (Å²) in [4.78, 5) is 37.5. The van der Waals surface area contributed by atoms with E-state index in [1.54, 1.807) is 11.1 Å². The van der Waals surface area contributed by atoms with Gasteiger partial charge in [0.2, 0.25) is 0 Å². The van der Waals surface area contributed by atoms with Crippen molar-refractivity contribution in [2.45, 2.75) is 45.6 Å². The molecule has 6 rings (SSSR count). The molecule has 0 bridgehead atoms. The lowest BCUT2D eigenvalue weighted by atomic mass is 10.1. The second-order valence-electron chi connectivity index (χ2n) is 13.0. The minimum Gasteiger partial charge on any atom is -0.444 e. The van der Waals surface area contributed by atoms with E-state index in [2.05, 4.69) is 69.8 Å². The predicted molar refractivity (Wildman–Crippen MR) is 177 cm³/mol. The third-order valence-electron chi connectivity index (χ3n) is 8.31. The molecule has 0 radical (unpaired) electrons. The van der Waals surface area contributed by atoms with Crippen molar-refractivity contribution in [1.29, 1.82) is 0 Å². The normalized spacial score (nSPS) is 17.0. The van der Waals surface area contributed by atoms with Gasteiger partial charge in [-0.3, -0.25) is 14.8 Å². The van der Waals surface area contributed by atoms with Crippen molar-refractivity contribution in [3.05, 3.63) is 70.1 Å². The number of nitrogens with one attached hydrogen (secondary N) is 1. The summed E-state index contributed by atoms with van der Waals surface area (Å²) in [5.74, 6) is 0.734. The number of alkyl halides is 3. The number of piperazine rings is 2. The summed E-state index contributed by atoms with van der Waals surface area (Å²) >= 11 is 3.69. The number of halogens is 4. The number of carbonyl (C=O) groups is 1. The van der Waals surface area contributed by atoms with Crippen molar-refractivity contribution >= 4 is 38.9 Å². The molecule has 1 amide bonds. The Bertz CT molecular complexity index is 1690. The minimum atomic E-state index is -4.44. The average Bonchev–Trinajstić information content (AvgIpc) is 3.46. The van der Waals surface area contributed by atoms with Gasteiger partial charge in [-0.05, 0) is 53.9 Å². The summed E-state index contributed by atoms with van der Waals surface area (Å²) in [7, 11) is 0. The zero-order valence-electron chi connectivity index (χ0n) is 26.6. The van der Waals surface area contributed by atoms with Crippen molar-refractivity contribution in [2.75, 3.05) is 57.3 Å². The molecule has 0 saturated carbocycles. The van der Waals surface area contributed by atoms with Crippen LogP contribution >= 0.6 is 15.9 Å². The van der Waals surface area contributed by atoms with Crippen LogP contribution < -0.4 is 4.90 Å². The molecule has 5 heterocycles. The van der Waals surface area contributed by atoms with E-state index in [-0.39, 0.29) is 6.09 Å². The summed E-state index contributed by atoms with van der Waals surface area (Å²) in [6, 6.07) is 10.9. The second-order valence-corrected chi connectivity index (χ2v) is 13.8. The maximum absolute atomic E-state index is 12.9. The van der Waals surface area contributed by atoms with E-state index in [1.807, 2.05) is 20.8 Å². The number of ether oxygens (including phenoxy) is 1. The third kappa shape index (κ3) is 8.04. The fourth-order valence-electron chi connectivity index (χ4n) is 5.87. The number of anilines is 1. The maximum Gasteiger partial charge on any atom is 0.433 e. The molecule has 0 aliphatic carbocycles. The van der Waals surface area contributed by atoms with Crippen molar-refractivity contribution in [3.63, 3.8) is 0 Å². The fraction of sp³-hybridized carbons (Fsp3) is 0.455. The molecule has 0 spiro atoms. The quantitative estimate of drug-likeness (QED) is 0.253. The highest BCUT2D eigenvalue weighted by atomic mass is 79.9. The van der Waals surface area contributed by atoms with Crippen LogP contribution in [0.2, 0.25) is 0 Å². The van der Waals surface area contributed by atoms with E-state index in [9.17, 15) is 18.0 Å². The summed E-state index contributed by atoms with van der Waals surface area (Å²) in [5.41, 5.74) is 3.96. The van der Waals surface area contributed by atoms with E-state index < -0.39 is 17.5 Å². The van der Waals surface area contributed by atoms with E-state index in [1.165, 1.54) is 17.8 Å². The topological polar surface area (TPSA) is 93.7 Å². The number of benzene rings is 1. The number of amides is 1. The first-order chi connectivity index (χ1) is 22.3. The highest BCUT2D eigenvalue weighted by molar-refractivity contribution is 9.10. The Hall–Kier alpha value is -3.75. The van der Waals surface area contributed by atoms with E-state index in [0.29, 0.717) is 25.3 Å². The molecule has 2 saturated heterocycles. The zero-order valence-corrected chi connectivity index (χ0v) is 28.2. The number of imidazole rings is 1. The molecule has 0 atom stereocenters.